The SMILES string of the molecule is O=Cc1cnc(OCc2ccccc2)c(OCc2ccccc2)c1. The van der Waals surface area contributed by atoms with Gasteiger partial charge in [0.25, 0.3) is 5.88 Å². The van der Waals surface area contributed by atoms with Crippen molar-refractivity contribution in [3.05, 3.63) is 89.6 Å². The second-order valence-electron chi connectivity index (χ2n) is 5.24. The lowest BCUT2D eigenvalue weighted by Gasteiger charge is -2.12. The quantitative estimate of drug-likeness (QED) is 0.616. The Morgan fingerprint density at radius 1 is 0.833 bits per heavy atom. The molecule has 0 saturated carbocycles. The molecule has 0 bridgehead atoms. The number of benzene rings is 2. The van der Waals surface area contributed by atoms with Gasteiger partial charge in [-0.15, -0.1) is 0 Å². The number of carbonyl (C=O) groups is 1. The maximum absolute atomic E-state index is 11.0. The lowest BCUT2D eigenvalue weighted by atomic mass is 10.2. The lowest BCUT2D eigenvalue weighted by molar-refractivity contribution is 0.112. The molecule has 0 N–H and O–H groups in total. The largest absolute Gasteiger partial charge is 0.483 e. The van der Waals surface area contributed by atoms with Crippen LogP contribution in [0.3, 0.4) is 0 Å². The monoisotopic (exact) mass is 319 g/mol. The molecule has 0 amide bonds. The van der Waals surface area contributed by atoms with Gasteiger partial charge in [0.05, 0.1) is 0 Å². The molecule has 3 rings (SSSR count). The van der Waals surface area contributed by atoms with Gasteiger partial charge in [-0.3, -0.25) is 4.79 Å². The van der Waals surface area contributed by atoms with Crippen LogP contribution in [0.5, 0.6) is 11.6 Å². The van der Waals surface area contributed by atoms with E-state index in [2.05, 4.69) is 4.98 Å². The summed E-state index contributed by atoms with van der Waals surface area (Å²) in [6.45, 7) is 0.766. The Kier molecular flexibility index (Phi) is 5.20. The first-order valence-electron chi connectivity index (χ1n) is 7.64. The Balaban J connectivity index is 1.74. The van der Waals surface area contributed by atoms with Gasteiger partial charge in [0, 0.05) is 11.8 Å². The summed E-state index contributed by atoms with van der Waals surface area (Å²) in [6.07, 6.45) is 2.21. The molecular formula is C20H17NO3. The van der Waals surface area contributed by atoms with Crippen LogP contribution in [-0.4, -0.2) is 11.3 Å². The van der Waals surface area contributed by atoms with Crippen molar-refractivity contribution in [2.24, 2.45) is 0 Å². The summed E-state index contributed by atoms with van der Waals surface area (Å²) in [5.41, 5.74) is 2.51. The van der Waals surface area contributed by atoms with E-state index in [0.29, 0.717) is 30.4 Å². The molecule has 0 radical (unpaired) electrons. The molecule has 0 fully saturated rings. The first-order chi connectivity index (χ1) is 11.8. The van der Waals surface area contributed by atoms with Gasteiger partial charge in [-0.2, -0.15) is 0 Å². The van der Waals surface area contributed by atoms with Crippen LogP contribution in [0.25, 0.3) is 0 Å². The zero-order chi connectivity index (χ0) is 16.6. The van der Waals surface area contributed by atoms with Crippen molar-refractivity contribution in [2.75, 3.05) is 0 Å². The zero-order valence-electron chi connectivity index (χ0n) is 13.1. The van der Waals surface area contributed by atoms with Crippen molar-refractivity contribution in [3.8, 4) is 11.6 Å². The number of rotatable bonds is 7. The van der Waals surface area contributed by atoms with Crippen LogP contribution in [0.4, 0.5) is 0 Å². The molecule has 1 heterocycles. The Labute approximate surface area is 140 Å². The number of nitrogens with zero attached hydrogens (tertiary/aromatic N) is 1. The van der Waals surface area contributed by atoms with Gasteiger partial charge in [0.1, 0.15) is 13.2 Å². The van der Waals surface area contributed by atoms with Gasteiger partial charge < -0.3 is 9.47 Å². The van der Waals surface area contributed by atoms with E-state index in [4.69, 9.17) is 9.47 Å². The Bertz CT molecular complexity index is 788. The van der Waals surface area contributed by atoms with Crippen LogP contribution >= 0.6 is 0 Å². The fraction of sp³-hybridized carbons (Fsp3) is 0.100. The Hall–Kier alpha value is -3.14. The number of hydrogen-bond donors (Lipinski definition) is 0. The van der Waals surface area contributed by atoms with E-state index in [-0.39, 0.29) is 0 Å². The molecule has 0 saturated heterocycles. The van der Waals surface area contributed by atoms with Gasteiger partial charge in [-0.25, -0.2) is 4.98 Å². The first kappa shape index (κ1) is 15.7. The molecular weight excluding hydrogens is 302 g/mol. The molecule has 0 aliphatic rings. The number of carbonyl (C=O) groups excluding carboxylic acids is 1. The third-order valence-electron chi connectivity index (χ3n) is 3.43. The van der Waals surface area contributed by atoms with Gasteiger partial charge in [-0.05, 0) is 17.2 Å². The van der Waals surface area contributed by atoms with Gasteiger partial charge in [0.15, 0.2) is 12.0 Å². The summed E-state index contributed by atoms with van der Waals surface area (Å²) in [7, 11) is 0. The van der Waals surface area contributed by atoms with E-state index in [1.165, 1.54) is 6.20 Å². The molecule has 3 aromatic rings. The summed E-state index contributed by atoms with van der Waals surface area (Å²) in [5.74, 6) is 0.833. The maximum Gasteiger partial charge on any atom is 0.257 e. The Morgan fingerprint density at radius 2 is 1.42 bits per heavy atom. The first-order valence-corrected chi connectivity index (χ1v) is 7.64. The molecule has 0 aliphatic heterocycles. The summed E-state index contributed by atoms with van der Waals surface area (Å²) in [6, 6.07) is 21.3. The van der Waals surface area contributed by atoms with Crippen LogP contribution in [0.1, 0.15) is 21.5 Å². The minimum atomic E-state index is 0.375. The van der Waals surface area contributed by atoms with Crippen molar-refractivity contribution in [2.45, 2.75) is 13.2 Å². The predicted molar refractivity (Wildman–Crippen MR) is 91.2 cm³/mol. The summed E-state index contributed by atoms with van der Waals surface area (Å²) < 4.78 is 11.6. The maximum atomic E-state index is 11.0. The molecule has 2 aromatic carbocycles. The molecule has 4 heteroatoms. The second kappa shape index (κ2) is 7.92. The molecule has 120 valence electrons. The van der Waals surface area contributed by atoms with Gasteiger partial charge >= 0.3 is 0 Å². The zero-order valence-corrected chi connectivity index (χ0v) is 13.1. The normalized spacial score (nSPS) is 10.2. The highest BCUT2D eigenvalue weighted by atomic mass is 16.5. The van der Waals surface area contributed by atoms with E-state index in [0.717, 1.165) is 17.4 Å². The van der Waals surface area contributed by atoms with Crippen molar-refractivity contribution in [1.29, 1.82) is 0 Å². The summed E-state index contributed by atoms with van der Waals surface area (Å²) >= 11 is 0. The van der Waals surface area contributed by atoms with Crippen molar-refractivity contribution < 1.29 is 14.3 Å². The van der Waals surface area contributed by atoms with Crippen LogP contribution in [0.2, 0.25) is 0 Å². The van der Waals surface area contributed by atoms with Crippen molar-refractivity contribution >= 4 is 6.29 Å². The highest BCUT2D eigenvalue weighted by molar-refractivity contribution is 5.75. The minimum absolute atomic E-state index is 0.375. The van der Waals surface area contributed by atoms with Crippen LogP contribution in [0.15, 0.2) is 72.9 Å². The van der Waals surface area contributed by atoms with E-state index in [9.17, 15) is 4.79 Å². The molecule has 0 atom stereocenters. The number of ether oxygens (including phenoxy) is 2. The van der Waals surface area contributed by atoms with Crippen LogP contribution in [0, 0.1) is 0 Å². The van der Waals surface area contributed by atoms with Crippen LogP contribution < -0.4 is 9.47 Å². The average molecular weight is 319 g/mol. The molecule has 24 heavy (non-hydrogen) atoms. The Morgan fingerprint density at radius 3 is 2.00 bits per heavy atom. The highest BCUT2D eigenvalue weighted by Gasteiger charge is 2.09. The number of aromatic nitrogens is 1. The predicted octanol–water partition coefficient (Wildman–Crippen LogP) is 4.05. The number of pyridine rings is 1. The van der Waals surface area contributed by atoms with Crippen molar-refractivity contribution in [1.82, 2.24) is 4.98 Å². The van der Waals surface area contributed by atoms with E-state index in [1.807, 2.05) is 60.7 Å². The van der Waals surface area contributed by atoms with Crippen LogP contribution in [-0.2, 0) is 13.2 Å². The molecule has 1 aromatic heterocycles. The topological polar surface area (TPSA) is 48.4 Å². The summed E-state index contributed by atoms with van der Waals surface area (Å²) in [4.78, 5) is 15.2. The lowest BCUT2D eigenvalue weighted by Crippen LogP contribution is -2.03. The molecule has 0 unspecified atom stereocenters. The van der Waals surface area contributed by atoms with Gasteiger partial charge in [0.2, 0.25) is 0 Å². The number of aldehydes is 1. The number of hydrogen-bond acceptors (Lipinski definition) is 4. The minimum Gasteiger partial charge on any atom is -0.483 e. The van der Waals surface area contributed by atoms with E-state index >= 15 is 0 Å². The molecule has 0 aliphatic carbocycles. The highest BCUT2D eigenvalue weighted by Crippen LogP contribution is 2.27. The van der Waals surface area contributed by atoms with E-state index in [1.54, 1.807) is 6.07 Å². The van der Waals surface area contributed by atoms with E-state index < -0.39 is 0 Å². The standard InChI is InChI=1S/C20H17NO3/c22-13-18-11-19(23-14-16-7-3-1-4-8-16)20(21-12-18)24-15-17-9-5-2-6-10-17/h1-13H,14-15H2. The fourth-order valence-electron chi connectivity index (χ4n) is 2.18. The molecule has 4 nitrogen and oxygen atoms in total. The fourth-order valence-corrected chi connectivity index (χ4v) is 2.18. The summed E-state index contributed by atoms with van der Waals surface area (Å²) in [5, 5.41) is 0. The molecule has 0 spiro atoms. The second-order valence-corrected chi connectivity index (χ2v) is 5.24. The van der Waals surface area contributed by atoms with Crippen molar-refractivity contribution in [3.63, 3.8) is 0 Å². The van der Waals surface area contributed by atoms with Gasteiger partial charge in [-0.1, -0.05) is 60.7 Å². The average Bonchev–Trinajstić information content (AvgIpc) is 2.66. The smallest absolute Gasteiger partial charge is 0.257 e. The third-order valence-corrected chi connectivity index (χ3v) is 3.43. The third kappa shape index (κ3) is 4.20.